The number of aliphatic hydroxyl groups is 1. The van der Waals surface area contributed by atoms with Gasteiger partial charge in [-0.05, 0) is 32.0 Å². The van der Waals surface area contributed by atoms with Crippen LogP contribution in [-0.2, 0) is 9.84 Å². The van der Waals surface area contributed by atoms with E-state index in [1.807, 2.05) is 0 Å². The van der Waals surface area contributed by atoms with Gasteiger partial charge in [0, 0.05) is 5.02 Å². The molecule has 0 unspecified atom stereocenters. The molecule has 6 heteroatoms. The SMILES string of the molecule is COc1ccc(Cl)cc1S(=O)(=O)C(C)(C)O. The first-order valence-electron chi connectivity index (χ1n) is 4.50. The number of sulfone groups is 1. The van der Waals surface area contributed by atoms with Gasteiger partial charge < -0.3 is 9.84 Å². The van der Waals surface area contributed by atoms with Crippen LogP contribution in [0.1, 0.15) is 13.8 Å². The first kappa shape index (κ1) is 13.3. The van der Waals surface area contributed by atoms with E-state index in [-0.39, 0.29) is 15.7 Å². The number of hydrogen-bond acceptors (Lipinski definition) is 4. The Bertz CT molecular complexity index is 488. The molecule has 0 spiro atoms. The van der Waals surface area contributed by atoms with Crippen LogP contribution in [0.25, 0.3) is 0 Å². The van der Waals surface area contributed by atoms with Gasteiger partial charge in [-0.1, -0.05) is 11.6 Å². The van der Waals surface area contributed by atoms with Crippen molar-refractivity contribution in [2.45, 2.75) is 23.7 Å². The molecule has 1 aromatic rings. The summed E-state index contributed by atoms with van der Waals surface area (Å²) in [5.74, 6) is 0.159. The second-order valence-corrected chi connectivity index (χ2v) is 6.63. The van der Waals surface area contributed by atoms with E-state index in [0.29, 0.717) is 0 Å². The van der Waals surface area contributed by atoms with E-state index in [4.69, 9.17) is 16.3 Å². The molecule has 1 N–H and O–H groups in total. The van der Waals surface area contributed by atoms with Crippen molar-refractivity contribution in [3.05, 3.63) is 23.2 Å². The molecular formula is C10H13ClO4S. The zero-order chi connectivity index (χ0) is 12.6. The molecule has 0 heterocycles. The van der Waals surface area contributed by atoms with E-state index < -0.39 is 14.8 Å². The van der Waals surface area contributed by atoms with Gasteiger partial charge in [0.2, 0.25) is 9.84 Å². The molecule has 4 nitrogen and oxygen atoms in total. The fourth-order valence-corrected chi connectivity index (χ4v) is 2.60. The van der Waals surface area contributed by atoms with Crippen molar-refractivity contribution in [2.75, 3.05) is 7.11 Å². The van der Waals surface area contributed by atoms with Crippen LogP contribution in [-0.4, -0.2) is 25.6 Å². The minimum absolute atomic E-state index is 0.116. The van der Waals surface area contributed by atoms with Gasteiger partial charge in [0.15, 0.2) is 4.93 Å². The van der Waals surface area contributed by atoms with Gasteiger partial charge in [0.25, 0.3) is 0 Å². The number of methoxy groups -OCH3 is 1. The number of rotatable bonds is 3. The highest BCUT2D eigenvalue weighted by Gasteiger charge is 2.35. The molecule has 90 valence electrons. The molecule has 0 amide bonds. The van der Waals surface area contributed by atoms with Gasteiger partial charge >= 0.3 is 0 Å². The number of ether oxygens (including phenoxy) is 1. The molecule has 0 aliphatic heterocycles. The fraction of sp³-hybridized carbons (Fsp3) is 0.400. The first-order valence-corrected chi connectivity index (χ1v) is 6.37. The first-order chi connectivity index (χ1) is 7.20. The lowest BCUT2D eigenvalue weighted by Crippen LogP contribution is -2.31. The van der Waals surface area contributed by atoms with Crippen molar-refractivity contribution in [3.63, 3.8) is 0 Å². The summed E-state index contributed by atoms with van der Waals surface area (Å²) >= 11 is 5.73. The average molecular weight is 265 g/mol. The Labute approximate surface area is 99.7 Å². The van der Waals surface area contributed by atoms with Gasteiger partial charge in [-0.25, -0.2) is 8.42 Å². The van der Waals surface area contributed by atoms with E-state index >= 15 is 0 Å². The number of hydrogen-bond donors (Lipinski definition) is 1. The van der Waals surface area contributed by atoms with Gasteiger partial charge in [-0.2, -0.15) is 0 Å². The van der Waals surface area contributed by atoms with Crippen LogP contribution in [0.4, 0.5) is 0 Å². The topological polar surface area (TPSA) is 63.6 Å². The van der Waals surface area contributed by atoms with Crippen molar-refractivity contribution in [1.82, 2.24) is 0 Å². The summed E-state index contributed by atoms with van der Waals surface area (Å²) in [6.07, 6.45) is 0. The molecule has 0 fully saturated rings. The summed E-state index contributed by atoms with van der Waals surface area (Å²) in [6, 6.07) is 4.22. The monoisotopic (exact) mass is 264 g/mol. The second-order valence-electron chi connectivity index (χ2n) is 3.75. The van der Waals surface area contributed by atoms with Crippen LogP contribution >= 0.6 is 11.6 Å². The molecule has 0 saturated heterocycles. The van der Waals surface area contributed by atoms with E-state index in [2.05, 4.69) is 0 Å². The minimum Gasteiger partial charge on any atom is -0.495 e. The van der Waals surface area contributed by atoms with Crippen LogP contribution in [0.15, 0.2) is 23.1 Å². The predicted molar refractivity (Wildman–Crippen MR) is 61.5 cm³/mol. The Kier molecular flexibility index (Phi) is 3.52. The lowest BCUT2D eigenvalue weighted by molar-refractivity contribution is 0.164. The Morgan fingerprint density at radius 3 is 2.38 bits per heavy atom. The number of halogens is 1. The Morgan fingerprint density at radius 1 is 1.38 bits per heavy atom. The van der Waals surface area contributed by atoms with E-state index in [0.717, 1.165) is 0 Å². The van der Waals surface area contributed by atoms with Crippen molar-refractivity contribution in [3.8, 4) is 5.75 Å². The summed E-state index contributed by atoms with van der Waals surface area (Å²) in [5.41, 5.74) is 0. The zero-order valence-electron chi connectivity index (χ0n) is 9.19. The molecule has 0 atom stereocenters. The van der Waals surface area contributed by atoms with Gasteiger partial charge in [0.1, 0.15) is 10.6 Å². The molecule has 1 aromatic carbocycles. The molecular weight excluding hydrogens is 252 g/mol. The third-order valence-electron chi connectivity index (χ3n) is 2.07. The molecule has 0 bridgehead atoms. The molecule has 0 aliphatic carbocycles. The largest absolute Gasteiger partial charge is 0.495 e. The second kappa shape index (κ2) is 4.24. The van der Waals surface area contributed by atoms with Crippen LogP contribution in [0, 0.1) is 0 Å². The minimum atomic E-state index is -3.90. The van der Waals surface area contributed by atoms with Crippen molar-refractivity contribution in [2.24, 2.45) is 0 Å². The molecule has 0 aromatic heterocycles. The summed E-state index contributed by atoms with van der Waals surface area (Å²) < 4.78 is 28.9. The van der Waals surface area contributed by atoms with Crippen molar-refractivity contribution < 1.29 is 18.3 Å². The summed E-state index contributed by atoms with van der Waals surface area (Å²) in [6.45, 7) is 2.39. The van der Waals surface area contributed by atoms with Crippen molar-refractivity contribution >= 4 is 21.4 Å². The van der Waals surface area contributed by atoms with Gasteiger partial charge in [-0.15, -0.1) is 0 Å². The normalized spacial score (nSPS) is 12.6. The molecule has 0 aliphatic rings. The van der Waals surface area contributed by atoms with E-state index in [9.17, 15) is 13.5 Å². The summed E-state index contributed by atoms with van der Waals surface area (Å²) in [5, 5.41) is 9.89. The fourth-order valence-electron chi connectivity index (χ4n) is 1.13. The van der Waals surface area contributed by atoms with Crippen molar-refractivity contribution in [1.29, 1.82) is 0 Å². The number of benzene rings is 1. The average Bonchev–Trinajstić information content (AvgIpc) is 2.16. The molecule has 0 radical (unpaired) electrons. The lowest BCUT2D eigenvalue weighted by atomic mass is 10.3. The van der Waals surface area contributed by atoms with Gasteiger partial charge in [0.05, 0.1) is 7.11 Å². The smallest absolute Gasteiger partial charge is 0.210 e. The summed E-state index contributed by atoms with van der Waals surface area (Å²) in [7, 11) is -2.54. The molecule has 16 heavy (non-hydrogen) atoms. The molecule has 0 saturated carbocycles. The van der Waals surface area contributed by atoms with Crippen LogP contribution in [0.3, 0.4) is 0 Å². The Hall–Kier alpha value is -0.780. The molecule has 1 rings (SSSR count). The maximum Gasteiger partial charge on any atom is 0.210 e. The predicted octanol–water partition coefficient (Wildman–Crippen LogP) is 1.85. The van der Waals surface area contributed by atoms with Crippen LogP contribution in [0.5, 0.6) is 5.75 Å². The third-order valence-corrected chi connectivity index (χ3v) is 4.52. The lowest BCUT2D eigenvalue weighted by Gasteiger charge is -2.19. The Balaban J connectivity index is 3.50. The highest BCUT2D eigenvalue weighted by Crippen LogP contribution is 2.32. The van der Waals surface area contributed by atoms with Crippen LogP contribution < -0.4 is 4.74 Å². The van der Waals surface area contributed by atoms with E-state index in [1.165, 1.54) is 39.2 Å². The van der Waals surface area contributed by atoms with Crippen LogP contribution in [0.2, 0.25) is 5.02 Å². The highest BCUT2D eigenvalue weighted by molar-refractivity contribution is 7.92. The zero-order valence-corrected chi connectivity index (χ0v) is 10.8. The van der Waals surface area contributed by atoms with E-state index in [1.54, 1.807) is 0 Å². The maximum absolute atomic E-state index is 12.0. The third kappa shape index (κ3) is 2.31. The standard InChI is InChI=1S/C10H13ClO4S/c1-10(2,12)16(13,14)9-6-7(11)4-5-8(9)15-3/h4-6,12H,1-3H3. The summed E-state index contributed by atoms with van der Waals surface area (Å²) in [4.78, 5) is -2.00. The van der Waals surface area contributed by atoms with Gasteiger partial charge in [-0.3, -0.25) is 0 Å². The Morgan fingerprint density at radius 2 is 1.94 bits per heavy atom. The quantitative estimate of drug-likeness (QED) is 0.905. The maximum atomic E-state index is 12.0. The highest BCUT2D eigenvalue weighted by atomic mass is 35.5.